The highest BCUT2D eigenvalue weighted by molar-refractivity contribution is 5.95. The molecule has 0 unspecified atom stereocenters. The Labute approximate surface area is 158 Å². The molecule has 27 heavy (non-hydrogen) atoms. The van der Waals surface area contributed by atoms with Crippen LogP contribution in [0.2, 0.25) is 0 Å². The molecule has 7 nitrogen and oxygen atoms in total. The Bertz CT molecular complexity index is 828. The first-order valence-corrected chi connectivity index (χ1v) is 9.11. The zero-order valence-corrected chi connectivity index (χ0v) is 16.2. The zero-order valence-electron chi connectivity index (χ0n) is 16.2. The van der Waals surface area contributed by atoms with Crippen LogP contribution in [-0.2, 0) is 9.47 Å². The van der Waals surface area contributed by atoms with E-state index in [1.165, 1.54) is 7.11 Å². The van der Waals surface area contributed by atoms with Crippen molar-refractivity contribution in [3.05, 3.63) is 30.0 Å². The van der Waals surface area contributed by atoms with Gasteiger partial charge < -0.3 is 24.1 Å². The molecule has 0 atom stereocenters. The number of carbonyl (C=O) groups is 2. The van der Waals surface area contributed by atoms with E-state index in [1.54, 1.807) is 11.0 Å². The Hall–Kier alpha value is -2.70. The van der Waals surface area contributed by atoms with Gasteiger partial charge in [-0.25, -0.2) is 9.59 Å². The van der Waals surface area contributed by atoms with E-state index < -0.39 is 11.6 Å². The fourth-order valence-electron chi connectivity index (χ4n) is 3.07. The van der Waals surface area contributed by atoms with Crippen molar-refractivity contribution in [2.45, 2.75) is 45.3 Å². The van der Waals surface area contributed by atoms with Crippen LogP contribution in [0.3, 0.4) is 0 Å². The summed E-state index contributed by atoms with van der Waals surface area (Å²) in [7, 11) is 1.35. The zero-order chi connectivity index (χ0) is 19.6. The molecule has 1 aromatic carbocycles. The average molecular weight is 374 g/mol. The van der Waals surface area contributed by atoms with Gasteiger partial charge >= 0.3 is 12.1 Å². The van der Waals surface area contributed by atoms with Gasteiger partial charge in [-0.15, -0.1) is 0 Å². The quantitative estimate of drug-likeness (QED) is 0.828. The van der Waals surface area contributed by atoms with E-state index in [0.29, 0.717) is 18.8 Å². The minimum Gasteiger partial charge on any atom is -0.490 e. The van der Waals surface area contributed by atoms with Gasteiger partial charge in [0, 0.05) is 42.9 Å². The Kier molecular flexibility index (Phi) is 5.30. The lowest BCUT2D eigenvalue weighted by atomic mass is 10.1. The van der Waals surface area contributed by atoms with Crippen LogP contribution in [0.25, 0.3) is 10.9 Å². The largest absolute Gasteiger partial charge is 0.490 e. The maximum absolute atomic E-state index is 12.1. The standard InChI is InChI=1S/C20H26N2O5/c1-20(2,3)27-19(24)22-9-7-14(8-10-22)26-15-6-5-13-11-17(18(23)25-4)21-16(13)12-15/h5-6,11-12,14,21H,7-10H2,1-4H3. The number of carbonyl (C=O) groups excluding carboxylic acids is 2. The molecule has 2 aromatic rings. The minimum atomic E-state index is -0.487. The second kappa shape index (κ2) is 7.50. The number of rotatable bonds is 3. The molecule has 0 radical (unpaired) electrons. The van der Waals surface area contributed by atoms with Crippen molar-refractivity contribution in [3.8, 4) is 5.75 Å². The molecule has 146 valence electrons. The van der Waals surface area contributed by atoms with E-state index >= 15 is 0 Å². The van der Waals surface area contributed by atoms with Crippen molar-refractivity contribution in [1.82, 2.24) is 9.88 Å². The first kappa shape index (κ1) is 19.1. The molecule has 0 bridgehead atoms. The van der Waals surface area contributed by atoms with Crippen molar-refractivity contribution in [2.75, 3.05) is 20.2 Å². The Morgan fingerprint density at radius 1 is 1.15 bits per heavy atom. The molecule has 3 rings (SSSR count). The number of hydrogen-bond donors (Lipinski definition) is 1. The van der Waals surface area contributed by atoms with Gasteiger partial charge in [-0.05, 0) is 39.0 Å². The smallest absolute Gasteiger partial charge is 0.410 e. The molecule has 1 aromatic heterocycles. The Balaban J connectivity index is 1.58. The number of hydrogen-bond acceptors (Lipinski definition) is 5. The Morgan fingerprint density at radius 2 is 1.85 bits per heavy atom. The van der Waals surface area contributed by atoms with Gasteiger partial charge in [-0.2, -0.15) is 0 Å². The first-order chi connectivity index (χ1) is 12.7. The number of H-pyrrole nitrogens is 1. The highest BCUT2D eigenvalue weighted by Crippen LogP contribution is 2.25. The molecule has 1 saturated heterocycles. The van der Waals surface area contributed by atoms with Gasteiger partial charge in [0.25, 0.3) is 0 Å². The van der Waals surface area contributed by atoms with Crippen LogP contribution >= 0.6 is 0 Å². The predicted molar refractivity (Wildman–Crippen MR) is 101 cm³/mol. The fraction of sp³-hybridized carbons (Fsp3) is 0.500. The molecule has 1 fully saturated rings. The monoisotopic (exact) mass is 374 g/mol. The number of likely N-dealkylation sites (tertiary alicyclic amines) is 1. The normalized spacial score (nSPS) is 15.6. The minimum absolute atomic E-state index is 0.0381. The van der Waals surface area contributed by atoms with Crippen LogP contribution in [0.15, 0.2) is 24.3 Å². The van der Waals surface area contributed by atoms with E-state index in [4.69, 9.17) is 14.2 Å². The number of nitrogens with zero attached hydrogens (tertiary/aromatic N) is 1. The second-order valence-electron chi connectivity index (χ2n) is 7.71. The number of methoxy groups -OCH3 is 1. The molecule has 1 N–H and O–H groups in total. The van der Waals surface area contributed by atoms with E-state index in [0.717, 1.165) is 29.5 Å². The SMILES string of the molecule is COC(=O)c1cc2ccc(OC3CCN(C(=O)OC(C)(C)C)CC3)cc2[nH]1. The van der Waals surface area contributed by atoms with Crippen LogP contribution in [0.1, 0.15) is 44.1 Å². The van der Waals surface area contributed by atoms with Crippen molar-refractivity contribution in [2.24, 2.45) is 0 Å². The summed E-state index contributed by atoms with van der Waals surface area (Å²) < 4.78 is 16.2. The van der Waals surface area contributed by atoms with Crippen LogP contribution in [0, 0.1) is 0 Å². The summed E-state index contributed by atoms with van der Waals surface area (Å²) in [5.74, 6) is 0.333. The number of amides is 1. The molecular weight excluding hydrogens is 348 g/mol. The maximum atomic E-state index is 12.1. The Morgan fingerprint density at radius 3 is 2.48 bits per heavy atom. The van der Waals surface area contributed by atoms with Crippen LogP contribution in [0.4, 0.5) is 4.79 Å². The number of piperidine rings is 1. The predicted octanol–water partition coefficient (Wildman–Crippen LogP) is 3.73. The van der Waals surface area contributed by atoms with Gasteiger partial charge in [-0.3, -0.25) is 0 Å². The molecule has 1 amide bonds. The molecule has 1 aliphatic heterocycles. The third-order valence-electron chi connectivity index (χ3n) is 4.40. The molecule has 1 aliphatic rings. The van der Waals surface area contributed by atoms with E-state index in [-0.39, 0.29) is 12.2 Å². The summed E-state index contributed by atoms with van der Waals surface area (Å²) in [6.45, 7) is 6.81. The number of ether oxygens (including phenoxy) is 3. The van der Waals surface area contributed by atoms with E-state index in [9.17, 15) is 9.59 Å². The van der Waals surface area contributed by atoms with E-state index in [1.807, 2.05) is 39.0 Å². The maximum Gasteiger partial charge on any atom is 0.410 e. The number of esters is 1. The summed E-state index contributed by atoms with van der Waals surface area (Å²) in [5.41, 5.74) is 0.744. The molecule has 7 heteroatoms. The lowest BCUT2D eigenvalue weighted by Gasteiger charge is -2.33. The first-order valence-electron chi connectivity index (χ1n) is 9.11. The second-order valence-corrected chi connectivity index (χ2v) is 7.71. The highest BCUT2D eigenvalue weighted by atomic mass is 16.6. The van der Waals surface area contributed by atoms with E-state index in [2.05, 4.69) is 4.98 Å². The van der Waals surface area contributed by atoms with Crippen molar-refractivity contribution in [1.29, 1.82) is 0 Å². The van der Waals surface area contributed by atoms with Gasteiger partial charge in [0.05, 0.1) is 7.11 Å². The fourth-order valence-corrected chi connectivity index (χ4v) is 3.07. The molecule has 0 saturated carbocycles. The summed E-state index contributed by atoms with van der Waals surface area (Å²) in [4.78, 5) is 28.5. The molecule has 0 spiro atoms. The third kappa shape index (κ3) is 4.72. The number of aromatic amines is 1. The average Bonchev–Trinajstić information content (AvgIpc) is 3.03. The van der Waals surface area contributed by atoms with Crippen LogP contribution < -0.4 is 4.74 Å². The number of fused-ring (bicyclic) bond motifs is 1. The van der Waals surface area contributed by atoms with Crippen molar-refractivity contribution in [3.63, 3.8) is 0 Å². The summed E-state index contributed by atoms with van der Waals surface area (Å²) in [6, 6.07) is 7.42. The van der Waals surface area contributed by atoms with Gasteiger partial charge in [-0.1, -0.05) is 0 Å². The number of nitrogens with one attached hydrogen (secondary N) is 1. The molecular formula is C20H26N2O5. The summed E-state index contributed by atoms with van der Waals surface area (Å²) in [5, 5.41) is 0.919. The lowest BCUT2D eigenvalue weighted by Crippen LogP contribution is -2.44. The van der Waals surface area contributed by atoms with Crippen LogP contribution in [-0.4, -0.2) is 53.9 Å². The third-order valence-corrected chi connectivity index (χ3v) is 4.40. The summed E-state index contributed by atoms with van der Waals surface area (Å²) >= 11 is 0. The van der Waals surface area contributed by atoms with Gasteiger partial charge in [0.1, 0.15) is 23.1 Å². The lowest BCUT2D eigenvalue weighted by molar-refractivity contribution is 0.0126. The van der Waals surface area contributed by atoms with Crippen molar-refractivity contribution < 1.29 is 23.8 Å². The number of aromatic nitrogens is 1. The highest BCUT2D eigenvalue weighted by Gasteiger charge is 2.27. The topological polar surface area (TPSA) is 80.9 Å². The van der Waals surface area contributed by atoms with Crippen molar-refractivity contribution >= 4 is 23.0 Å². The summed E-state index contributed by atoms with van der Waals surface area (Å²) in [6.07, 6.45) is 1.26. The van der Waals surface area contributed by atoms with Gasteiger partial charge in [0.2, 0.25) is 0 Å². The molecule has 0 aliphatic carbocycles. The number of benzene rings is 1. The molecule has 2 heterocycles. The van der Waals surface area contributed by atoms with Gasteiger partial charge in [0.15, 0.2) is 0 Å². The van der Waals surface area contributed by atoms with Crippen LogP contribution in [0.5, 0.6) is 5.75 Å².